The molecule has 0 radical (unpaired) electrons. The molecule has 0 aliphatic carbocycles. The second-order valence-corrected chi connectivity index (χ2v) is 7.95. The summed E-state index contributed by atoms with van der Waals surface area (Å²) >= 11 is 0. The van der Waals surface area contributed by atoms with Crippen LogP contribution in [0.25, 0.3) is 27.5 Å². The highest BCUT2D eigenvalue weighted by Gasteiger charge is 2.13. The minimum Gasteiger partial charge on any atom is -0.324 e. The largest absolute Gasteiger partial charge is 0.325 e. The Kier molecular flexibility index (Phi) is 3.97. The third-order valence-electron chi connectivity index (χ3n) is 4.47. The van der Waals surface area contributed by atoms with Crippen molar-refractivity contribution in [2.24, 2.45) is 0 Å². The third kappa shape index (κ3) is 3.12. The molecular formula is C20H18NO3P. The molecule has 0 aliphatic rings. The quantitative estimate of drug-likeness (QED) is 0.532. The Bertz CT molecular complexity index is 1040. The van der Waals surface area contributed by atoms with E-state index in [2.05, 4.69) is 28.8 Å². The van der Waals surface area contributed by atoms with Gasteiger partial charge < -0.3 is 14.4 Å². The van der Waals surface area contributed by atoms with Crippen molar-refractivity contribution in [3.05, 3.63) is 78.4 Å². The first-order chi connectivity index (χ1) is 12.0. The van der Waals surface area contributed by atoms with Crippen molar-refractivity contribution in [2.45, 2.75) is 6.42 Å². The van der Waals surface area contributed by atoms with Gasteiger partial charge in [-0.25, -0.2) is 0 Å². The first kappa shape index (κ1) is 16.1. The highest BCUT2D eigenvalue weighted by molar-refractivity contribution is 7.51. The van der Waals surface area contributed by atoms with Crippen LogP contribution in [0.1, 0.15) is 5.56 Å². The lowest BCUT2D eigenvalue weighted by Gasteiger charge is -2.09. The molecule has 4 nitrogen and oxygen atoms in total. The summed E-state index contributed by atoms with van der Waals surface area (Å²) in [6.45, 7) is 0. The summed E-state index contributed by atoms with van der Waals surface area (Å²) in [5.74, 6) is 0. The first-order valence-electron chi connectivity index (χ1n) is 8.15. The van der Waals surface area contributed by atoms with E-state index in [1.165, 1.54) is 10.8 Å². The fourth-order valence-corrected chi connectivity index (χ4v) is 3.84. The van der Waals surface area contributed by atoms with Crippen molar-refractivity contribution < 1.29 is 14.4 Å². The molecule has 0 unspecified atom stereocenters. The SMILES string of the molecule is O=P(O)(O)CCc1ccc(-n2c3ccccc3c3ccccc32)cc1. The van der Waals surface area contributed by atoms with Gasteiger partial charge in [-0.3, -0.25) is 4.57 Å². The zero-order chi connectivity index (χ0) is 17.4. The molecule has 4 aromatic rings. The van der Waals surface area contributed by atoms with E-state index >= 15 is 0 Å². The molecule has 3 aromatic carbocycles. The molecular weight excluding hydrogens is 333 g/mol. The number of para-hydroxylation sites is 2. The van der Waals surface area contributed by atoms with Crippen molar-refractivity contribution in [3.8, 4) is 5.69 Å². The second kappa shape index (κ2) is 6.16. The molecule has 0 saturated heterocycles. The molecule has 0 amide bonds. The van der Waals surface area contributed by atoms with Gasteiger partial charge in [-0.15, -0.1) is 0 Å². The topological polar surface area (TPSA) is 62.5 Å². The maximum absolute atomic E-state index is 11.0. The van der Waals surface area contributed by atoms with Crippen LogP contribution in [0.2, 0.25) is 0 Å². The molecule has 0 spiro atoms. The predicted molar refractivity (Wildman–Crippen MR) is 101 cm³/mol. The zero-order valence-electron chi connectivity index (χ0n) is 13.5. The number of hydrogen-bond acceptors (Lipinski definition) is 1. The van der Waals surface area contributed by atoms with Crippen LogP contribution in [0.3, 0.4) is 0 Å². The van der Waals surface area contributed by atoms with Crippen LogP contribution in [0, 0.1) is 0 Å². The number of rotatable bonds is 4. The van der Waals surface area contributed by atoms with Crippen LogP contribution in [0.15, 0.2) is 72.8 Å². The molecule has 4 rings (SSSR count). The van der Waals surface area contributed by atoms with E-state index in [0.29, 0.717) is 6.42 Å². The lowest BCUT2D eigenvalue weighted by molar-refractivity contribution is 0.373. The molecule has 0 fully saturated rings. The molecule has 1 heterocycles. The second-order valence-electron chi connectivity index (χ2n) is 6.17. The van der Waals surface area contributed by atoms with Gasteiger partial charge in [-0.05, 0) is 36.2 Å². The fraction of sp³-hybridized carbons (Fsp3) is 0.100. The number of fused-ring (bicyclic) bond motifs is 3. The Hall–Kier alpha value is -2.39. The van der Waals surface area contributed by atoms with Gasteiger partial charge in [0.25, 0.3) is 0 Å². The normalized spacial score (nSPS) is 12.1. The van der Waals surface area contributed by atoms with Crippen LogP contribution >= 0.6 is 7.60 Å². The minimum absolute atomic E-state index is 0.123. The molecule has 0 saturated carbocycles. The molecule has 0 aliphatic heterocycles. The minimum atomic E-state index is -3.96. The van der Waals surface area contributed by atoms with E-state index in [9.17, 15) is 4.57 Å². The smallest absolute Gasteiger partial charge is 0.324 e. The van der Waals surface area contributed by atoms with Gasteiger partial charge in [0, 0.05) is 16.5 Å². The Balaban J connectivity index is 1.80. The van der Waals surface area contributed by atoms with Gasteiger partial charge in [0.2, 0.25) is 0 Å². The highest BCUT2D eigenvalue weighted by Crippen LogP contribution is 2.35. The van der Waals surface area contributed by atoms with E-state index in [-0.39, 0.29) is 6.16 Å². The van der Waals surface area contributed by atoms with Crippen molar-refractivity contribution in [1.82, 2.24) is 4.57 Å². The molecule has 25 heavy (non-hydrogen) atoms. The number of hydrogen-bond donors (Lipinski definition) is 2. The van der Waals surface area contributed by atoms with Crippen molar-refractivity contribution >= 4 is 29.4 Å². The number of benzene rings is 3. The van der Waals surface area contributed by atoms with Gasteiger partial charge in [-0.2, -0.15) is 0 Å². The fourth-order valence-electron chi connectivity index (χ4n) is 3.29. The van der Waals surface area contributed by atoms with Crippen molar-refractivity contribution in [3.63, 3.8) is 0 Å². The lowest BCUT2D eigenvalue weighted by Crippen LogP contribution is -1.96. The summed E-state index contributed by atoms with van der Waals surface area (Å²) < 4.78 is 13.3. The van der Waals surface area contributed by atoms with E-state index in [1.807, 2.05) is 48.5 Å². The maximum Gasteiger partial charge on any atom is 0.325 e. The Morgan fingerprint density at radius 3 is 1.80 bits per heavy atom. The van der Waals surface area contributed by atoms with Crippen molar-refractivity contribution in [2.75, 3.05) is 6.16 Å². The van der Waals surface area contributed by atoms with E-state index < -0.39 is 7.60 Å². The van der Waals surface area contributed by atoms with E-state index in [4.69, 9.17) is 9.79 Å². The van der Waals surface area contributed by atoms with Gasteiger partial charge in [0.15, 0.2) is 0 Å². The molecule has 0 bridgehead atoms. The summed E-state index contributed by atoms with van der Waals surface area (Å²) in [6.07, 6.45) is 0.249. The number of aromatic nitrogens is 1. The predicted octanol–water partition coefficient (Wildman–Crippen LogP) is 4.50. The Morgan fingerprint density at radius 2 is 1.28 bits per heavy atom. The lowest BCUT2D eigenvalue weighted by atomic mass is 10.1. The molecule has 0 atom stereocenters. The standard InChI is InChI=1S/C20H18NO3P/c22-25(23,24)14-13-15-9-11-16(12-10-15)21-19-7-3-1-5-17(19)18-6-2-4-8-20(18)21/h1-12H,13-14H2,(H2,22,23,24). The van der Waals surface area contributed by atoms with Crippen LogP contribution in [-0.2, 0) is 11.0 Å². The monoisotopic (exact) mass is 351 g/mol. The average Bonchev–Trinajstić information content (AvgIpc) is 2.94. The maximum atomic E-state index is 11.0. The van der Waals surface area contributed by atoms with Gasteiger partial charge >= 0.3 is 7.60 Å². The Morgan fingerprint density at radius 1 is 0.760 bits per heavy atom. The van der Waals surface area contributed by atoms with Crippen molar-refractivity contribution in [1.29, 1.82) is 0 Å². The first-order valence-corrected chi connectivity index (χ1v) is 9.95. The van der Waals surface area contributed by atoms with Crippen LogP contribution < -0.4 is 0 Å². The highest BCUT2D eigenvalue weighted by atomic mass is 31.2. The van der Waals surface area contributed by atoms with E-state index in [1.54, 1.807) is 0 Å². The molecule has 5 heteroatoms. The Labute approximate surface area is 145 Å². The van der Waals surface area contributed by atoms with Gasteiger partial charge in [-0.1, -0.05) is 48.5 Å². The summed E-state index contributed by atoms with van der Waals surface area (Å²) in [7, 11) is -3.96. The summed E-state index contributed by atoms with van der Waals surface area (Å²) in [5, 5.41) is 2.42. The van der Waals surface area contributed by atoms with Crippen LogP contribution in [-0.4, -0.2) is 20.5 Å². The number of aryl methyl sites for hydroxylation is 1. The van der Waals surface area contributed by atoms with Gasteiger partial charge in [0.05, 0.1) is 17.2 Å². The van der Waals surface area contributed by atoms with Gasteiger partial charge in [0.1, 0.15) is 0 Å². The molecule has 126 valence electrons. The van der Waals surface area contributed by atoms with E-state index in [0.717, 1.165) is 22.3 Å². The van der Waals surface area contributed by atoms with Crippen LogP contribution in [0.5, 0.6) is 0 Å². The summed E-state index contributed by atoms with van der Waals surface area (Å²) in [6, 6.07) is 24.5. The third-order valence-corrected chi connectivity index (χ3v) is 5.27. The zero-order valence-corrected chi connectivity index (χ0v) is 14.4. The molecule has 2 N–H and O–H groups in total. The van der Waals surface area contributed by atoms with Crippen LogP contribution in [0.4, 0.5) is 0 Å². The average molecular weight is 351 g/mol. The number of nitrogens with zero attached hydrogens (tertiary/aromatic N) is 1. The molecule has 1 aromatic heterocycles. The summed E-state index contributed by atoms with van der Waals surface area (Å²) in [5.41, 5.74) is 4.25. The summed E-state index contributed by atoms with van der Waals surface area (Å²) in [4.78, 5) is 18.1.